The van der Waals surface area contributed by atoms with Crippen LogP contribution in [-0.4, -0.2) is 27.9 Å². The van der Waals surface area contributed by atoms with Crippen LogP contribution in [0.25, 0.3) is 21.9 Å². The molecule has 0 aliphatic rings. The van der Waals surface area contributed by atoms with E-state index in [2.05, 4.69) is 48.6 Å². The molecule has 2 aromatic heterocycles. The molecule has 0 aliphatic carbocycles. The van der Waals surface area contributed by atoms with E-state index in [0.717, 1.165) is 23.3 Å². The number of hydrogen-bond acceptors (Lipinski definition) is 3. The van der Waals surface area contributed by atoms with Crippen LogP contribution in [0.4, 0.5) is 5.69 Å². The summed E-state index contributed by atoms with van der Waals surface area (Å²) in [6, 6.07) is 14.5. The number of rotatable bonds is 3. The van der Waals surface area contributed by atoms with Gasteiger partial charge in [0.05, 0.1) is 0 Å². The van der Waals surface area contributed by atoms with Crippen molar-refractivity contribution in [1.29, 1.82) is 0 Å². The van der Waals surface area contributed by atoms with Crippen LogP contribution < -0.4 is 5.32 Å². The second kappa shape index (κ2) is 4.78. The Morgan fingerprint density at radius 2 is 2.00 bits per heavy atom. The molecule has 0 unspecified atom stereocenters. The molecule has 0 atom stereocenters. The zero-order chi connectivity index (χ0) is 13.4. The molecule has 0 fully saturated rings. The Morgan fingerprint density at radius 3 is 3.00 bits per heavy atom. The number of H-pyrrole nitrogens is 1. The van der Waals surface area contributed by atoms with Gasteiger partial charge in [0.25, 0.3) is 0 Å². The van der Waals surface area contributed by atoms with Gasteiger partial charge in [-0.3, -0.25) is 0 Å². The Labute approximate surface area is 122 Å². The molecule has 20 heavy (non-hydrogen) atoms. The van der Waals surface area contributed by atoms with Gasteiger partial charge in [0.2, 0.25) is 0 Å². The van der Waals surface area contributed by atoms with E-state index >= 15 is 0 Å². The summed E-state index contributed by atoms with van der Waals surface area (Å²) in [7, 11) is 0. The van der Waals surface area contributed by atoms with E-state index in [1.807, 2.05) is 18.3 Å². The molecule has 5 heteroatoms. The molecule has 0 aliphatic heterocycles. The molecule has 0 amide bonds. The Hall–Kier alpha value is -2.10. The van der Waals surface area contributed by atoms with Crippen LogP contribution >= 0.6 is 0 Å². The van der Waals surface area contributed by atoms with Crippen molar-refractivity contribution in [2.24, 2.45) is 0 Å². The molecular weight excluding hydrogens is 315 g/mol. The number of benzene rings is 2. The Balaban J connectivity index is 1.67. The average Bonchev–Trinajstić information content (AvgIpc) is 3.13. The van der Waals surface area contributed by atoms with Crippen molar-refractivity contribution in [1.82, 2.24) is 12.9 Å². The van der Waals surface area contributed by atoms with E-state index in [-0.39, 0.29) is 15.0 Å². The van der Waals surface area contributed by atoms with Crippen LogP contribution in [0.2, 0.25) is 0 Å². The molecule has 98 valence electrons. The Bertz CT molecular complexity index is 803. The van der Waals surface area contributed by atoms with E-state index in [1.165, 1.54) is 16.5 Å². The van der Waals surface area contributed by atoms with Gasteiger partial charge >= 0.3 is 122 Å². The second-order valence-electron chi connectivity index (χ2n) is 4.65. The molecule has 0 saturated carbocycles. The number of aromatic nitrogens is 3. The molecular formula is C15H12N4Se. The maximum atomic E-state index is 4.49. The Morgan fingerprint density at radius 1 is 1.05 bits per heavy atom. The minimum atomic E-state index is 0.0147. The van der Waals surface area contributed by atoms with Crippen molar-refractivity contribution in [3.63, 3.8) is 0 Å². The molecule has 2 aromatic carbocycles. The van der Waals surface area contributed by atoms with Crippen molar-refractivity contribution in [3.8, 4) is 0 Å². The summed E-state index contributed by atoms with van der Waals surface area (Å²) in [6.07, 6.45) is 1.98. The Kier molecular flexibility index (Phi) is 2.80. The SMILES string of the molecule is c1cc(NCc2cccc3[nH]ccc23)c2n[se]nc2c1. The number of hydrogen-bond donors (Lipinski definition) is 2. The molecule has 2 N–H and O–H groups in total. The van der Waals surface area contributed by atoms with Crippen molar-refractivity contribution in [2.75, 3.05) is 5.32 Å². The number of fused-ring (bicyclic) bond motifs is 2. The zero-order valence-electron chi connectivity index (χ0n) is 10.6. The van der Waals surface area contributed by atoms with E-state index in [1.54, 1.807) is 0 Å². The van der Waals surface area contributed by atoms with Gasteiger partial charge in [-0.2, -0.15) is 0 Å². The van der Waals surface area contributed by atoms with Gasteiger partial charge in [0, 0.05) is 0 Å². The molecule has 4 nitrogen and oxygen atoms in total. The first-order valence-electron chi connectivity index (χ1n) is 6.42. The molecule has 0 radical (unpaired) electrons. The van der Waals surface area contributed by atoms with Gasteiger partial charge in [-0.15, -0.1) is 0 Å². The first-order valence-corrected chi connectivity index (χ1v) is 7.95. The van der Waals surface area contributed by atoms with Gasteiger partial charge in [0.15, 0.2) is 0 Å². The van der Waals surface area contributed by atoms with E-state index < -0.39 is 0 Å². The molecule has 4 aromatic rings. The standard InChI is InChI=1S/C15H12N4Se/c1-3-10(11-7-8-16-12(11)4-1)9-17-13-5-2-6-14-15(13)19-20-18-14/h1-8,16-17H,9H2. The number of nitrogens with zero attached hydrogens (tertiary/aromatic N) is 2. The van der Waals surface area contributed by atoms with Crippen LogP contribution in [-0.2, 0) is 6.54 Å². The van der Waals surface area contributed by atoms with Crippen molar-refractivity contribution in [2.45, 2.75) is 6.54 Å². The predicted octanol–water partition coefficient (Wildman–Crippen LogP) is 2.78. The molecule has 2 heterocycles. The summed E-state index contributed by atoms with van der Waals surface area (Å²) in [5, 5.41) is 4.75. The second-order valence-corrected chi connectivity index (χ2v) is 5.76. The van der Waals surface area contributed by atoms with E-state index in [9.17, 15) is 0 Å². The average molecular weight is 327 g/mol. The van der Waals surface area contributed by atoms with Crippen LogP contribution in [0.15, 0.2) is 48.7 Å². The third-order valence-corrected chi connectivity index (χ3v) is 4.58. The molecule has 0 saturated heterocycles. The normalized spacial score (nSPS) is 11.2. The van der Waals surface area contributed by atoms with Crippen molar-refractivity contribution < 1.29 is 0 Å². The van der Waals surface area contributed by atoms with E-state index in [0.29, 0.717) is 0 Å². The van der Waals surface area contributed by atoms with Crippen molar-refractivity contribution >= 4 is 42.6 Å². The summed E-state index contributed by atoms with van der Waals surface area (Å²) >= 11 is 0.0147. The first-order chi connectivity index (χ1) is 9.92. The molecule has 0 bridgehead atoms. The number of aromatic amines is 1. The predicted molar refractivity (Wildman–Crippen MR) is 82.1 cm³/mol. The maximum absolute atomic E-state index is 4.49. The van der Waals surface area contributed by atoms with Gasteiger partial charge in [0.1, 0.15) is 0 Å². The third-order valence-electron chi connectivity index (χ3n) is 3.44. The van der Waals surface area contributed by atoms with Crippen LogP contribution in [0.5, 0.6) is 0 Å². The van der Waals surface area contributed by atoms with Gasteiger partial charge < -0.3 is 0 Å². The topological polar surface area (TPSA) is 53.6 Å². The van der Waals surface area contributed by atoms with Gasteiger partial charge in [-0.25, -0.2) is 0 Å². The fourth-order valence-corrected chi connectivity index (χ4v) is 3.60. The van der Waals surface area contributed by atoms with Gasteiger partial charge in [-0.1, -0.05) is 0 Å². The van der Waals surface area contributed by atoms with Crippen LogP contribution in [0, 0.1) is 0 Å². The fourth-order valence-electron chi connectivity index (χ4n) is 2.44. The fraction of sp³-hybridized carbons (Fsp3) is 0.0667. The van der Waals surface area contributed by atoms with Crippen LogP contribution in [0.1, 0.15) is 5.56 Å². The van der Waals surface area contributed by atoms with E-state index in [4.69, 9.17) is 0 Å². The summed E-state index contributed by atoms with van der Waals surface area (Å²) in [4.78, 5) is 3.24. The quantitative estimate of drug-likeness (QED) is 0.569. The summed E-state index contributed by atoms with van der Waals surface area (Å²) in [6.45, 7) is 0.786. The zero-order valence-corrected chi connectivity index (χ0v) is 12.3. The third kappa shape index (κ3) is 1.92. The summed E-state index contributed by atoms with van der Waals surface area (Å²) in [5.74, 6) is 0. The number of nitrogens with one attached hydrogen (secondary N) is 2. The number of anilines is 1. The summed E-state index contributed by atoms with van der Waals surface area (Å²) in [5.41, 5.74) is 5.54. The molecule has 0 spiro atoms. The first kappa shape index (κ1) is 11.7. The molecule has 4 rings (SSSR count). The van der Waals surface area contributed by atoms with Crippen molar-refractivity contribution in [3.05, 3.63) is 54.2 Å². The van der Waals surface area contributed by atoms with Crippen LogP contribution in [0.3, 0.4) is 0 Å². The van der Waals surface area contributed by atoms with Gasteiger partial charge in [-0.05, 0) is 0 Å². The summed E-state index contributed by atoms with van der Waals surface area (Å²) < 4.78 is 8.90. The monoisotopic (exact) mass is 328 g/mol. The minimum absolute atomic E-state index is 0.0147.